The van der Waals surface area contributed by atoms with Gasteiger partial charge in [0, 0.05) is 10.2 Å². The molecule has 26 heavy (non-hydrogen) atoms. The van der Waals surface area contributed by atoms with Crippen molar-refractivity contribution in [1.29, 1.82) is 0 Å². The first-order valence-corrected chi connectivity index (χ1v) is 9.20. The van der Waals surface area contributed by atoms with Gasteiger partial charge in [-0.25, -0.2) is 0 Å². The maximum Gasteiger partial charge on any atom is 0.453 e. The third kappa shape index (κ3) is 4.73. The van der Waals surface area contributed by atoms with E-state index in [1.807, 2.05) is 30.3 Å². The maximum absolute atomic E-state index is 13.2. The molecule has 0 amide bonds. The SMILES string of the molecule is FC(F)(F)c1nnc(SCc2ccc(Br)cc2)n1N=Cc1ccccc1. The maximum atomic E-state index is 13.2. The van der Waals surface area contributed by atoms with Crippen molar-refractivity contribution in [1.82, 2.24) is 14.9 Å². The van der Waals surface area contributed by atoms with Crippen molar-refractivity contribution in [2.75, 3.05) is 0 Å². The fourth-order valence-corrected chi connectivity index (χ4v) is 3.14. The summed E-state index contributed by atoms with van der Waals surface area (Å²) in [7, 11) is 0. The minimum atomic E-state index is -4.64. The van der Waals surface area contributed by atoms with Crippen LogP contribution in [-0.4, -0.2) is 21.1 Å². The fourth-order valence-electron chi connectivity index (χ4n) is 2.03. The topological polar surface area (TPSA) is 43.1 Å². The Balaban J connectivity index is 1.86. The van der Waals surface area contributed by atoms with Gasteiger partial charge in [0.05, 0.1) is 6.21 Å². The van der Waals surface area contributed by atoms with Crippen molar-refractivity contribution in [3.63, 3.8) is 0 Å². The normalized spacial score (nSPS) is 12.0. The van der Waals surface area contributed by atoms with Crippen LogP contribution < -0.4 is 0 Å². The van der Waals surface area contributed by atoms with Gasteiger partial charge in [-0.15, -0.1) is 10.2 Å². The Bertz CT molecular complexity index is 893. The second-order valence-electron chi connectivity index (χ2n) is 5.19. The van der Waals surface area contributed by atoms with Crippen molar-refractivity contribution >= 4 is 33.9 Å². The first-order valence-electron chi connectivity index (χ1n) is 7.43. The highest BCUT2D eigenvalue weighted by Crippen LogP contribution is 2.31. The Morgan fingerprint density at radius 2 is 1.73 bits per heavy atom. The second-order valence-corrected chi connectivity index (χ2v) is 7.04. The Kier molecular flexibility index (Phi) is 5.77. The lowest BCUT2D eigenvalue weighted by molar-refractivity contribution is -0.147. The molecular formula is C17H12BrF3N4S. The molecule has 9 heteroatoms. The van der Waals surface area contributed by atoms with Crippen molar-refractivity contribution < 1.29 is 13.2 Å². The summed E-state index contributed by atoms with van der Waals surface area (Å²) in [5, 5.41) is 11.0. The first kappa shape index (κ1) is 18.7. The number of alkyl halides is 3. The molecule has 0 radical (unpaired) electrons. The van der Waals surface area contributed by atoms with Crippen LogP contribution in [0.25, 0.3) is 0 Å². The molecule has 0 aliphatic heterocycles. The van der Waals surface area contributed by atoms with E-state index >= 15 is 0 Å². The molecule has 0 unspecified atom stereocenters. The summed E-state index contributed by atoms with van der Waals surface area (Å²) in [5.41, 5.74) is 1.63. The van der Waals surface area contributed by atoms with Gasteiger partial charge in [0.1, 0.15) is 0 Å². The van der Waals surface area contributed by atoms with Crippen molar-refractivity contribution in [3.8, 4) is 0 Å². The van der Waals surface area contributed by atoms with Crippen LogP contribution in [0.4, 0.5) is 13.2 Å². The zero-order valence-electron chi connectivity index (χ0n) is 13.2. The zero-order valence-corrected chi connectivity index (χ0v) is 15.6. The summed E-state index contributed by atoms with van der Waals surface area (Å²) >= 11 is 4.48. The smallest absolute Gasteiger partial charge is 0.183 e. The third-order valence-corrected chi connectivity index (χ3v) is 4.79. The molecule has 0 aliphatic rings. The van der Waals surface area contributed by atoms with Crippen LogP contribution in [0.5, 0.6) is 0 Å². The van der Waals surface area contributed by atoms with Gasteiger partial charge in [0.25, 0.3) is 5.82 Å². The second kappa shape index (κ2) is 8.05. The van der Waals surface area contributed by atoms with Gasteiger partial charge < -0.3 is 0 Å². The molecule has 0 bridgehead atoms. The van der Waals surface area contributed by atoms with Crippen molar-refractivity contribution in [2.45, 2.75) is 17.1 Å². The van der Waals surface area contributed by atoms with E-state index in [0.717, 1.165) is 26.5 Å². The van der Waals surface area contributed by atoms with Gasteiger partial charge in [-0.05, 0) is 23.3 Å². The Hall–Kier alpha value is -2.13. The standard InChI is InChI=1S/C17H12BrF3N4S/c18-14-8-6-13(7-9-14)11-26-16-24-23-15(17(19,20)21)25(16)22-10-12-4-2-1-3-5-12/h1-10H,11H2. The Morgan fingerprint density at radius 3 is 2.38 bits per heavy atom. The molecule has 134 valence electrons. The Labute approximate surface area is 160 Å². The highest BCUT2D eigenvalue weighted by atomic mass is 79.9. The van der Waals surface area contributed by atoms with E-state index in [-0.39, 0.29) is 5.16 Å². The molecule has 0 atom stereocenters. The minimum absolute atomic E-state index is 0.0763. The summed E-state index contributed by atoms with van der Waals surface area (Å²) in [4.78, 5) is 0. The molecule has 0 saturated heterocycles. The summed E-state index contributed by atoms with van der Waals surface area (Å²) in [6, 6.07) is 16.4. The number of rotatable bonds is 5. The molecule has 1 heterocycles. The quantitative estimate of drug-likeness (QED) is 0.402. The summed E-state index contributed by atoms with van der Waals surface area (Å²) in [6.45, 7) is 0. The predicted octanol–water partition coefficient (Wildman–Crippen LogP) is 5.23. The van der Waals surface area contributed by atoms with Crippen molar-refractivity contribution in [3.05, 3.63) is 76.0 Å². The molecule has 3 aromatic rings. The van der Waals surface area contributed by atoms with Crippen LogP contribution in [-0.2, 0) is 11.9 Å². The Morgan fingerprint density at radius 1 is 1.04 bits per heavy atom. The molecule has 0 aliphatic carbocycles. The van der Waals surface area contributed by atoms with E-state index < -0.39 is 12.0 Å². The summed E-state index contributed by atoms with van der Waals surface area (Å²) in [5.74, 6) is -0.701. The minimum Gasteiger partial charge on any atom is -0.183 e. The average molecular weight is 441 g/mol. The van der Waals surface area contributed by atoms with Crippen LogP contribution in [0.1, 0.15) is 17.0 Å². The van der Waals surface area contributed by atoms with E-state index in [9.17, 15) is 13.2 Å². The van der Waals surface area contributed by atoms with Gasteiger partial charge in [0.15, 0.2) is 0 Å². The number of thioether (sulfide) groups is 1. The van der Waals surface area contributed by atoms with Gasteiger partial charge in [0.2, 0.25) is 5.16 Å². The molecule has 0 N–H and O–H groups in total. The van der Waals surface area contributed by atoms with E-state index in [1.165, 1.54) is 6.21 Å². The zero-order chi connectivity index (χ0) is 18.6. The van der Waals surface area contributed by atoms with E-state index in [4.69, 9.17) is 0 Å². The fraction of sp³-hybridized carbons (Fsp3) is 0.118. The average Bonchev–Trinajstić information content (AvgIpc) is 3.03. The van der Waals surface area contributed by atoms with Crippen molar-refractivity contribution in [2.24, 2.45) is 5.10 Å². The monoisotopic (exact) mass is 440 g/mol. The summed E-state index contributed by atoms with van der Waals surface area (Å²) in [6.07, 6.45) is -3.29. The number of hydrogen-bond donors (Lipinski definition) is 0. The summed E-state index contributed by atoms with van der Waals surface area (Å²) < 4.78 is 41.2. The number of aromatic nitrogens is 3. The number of halogens is 4. The van der Waals surface area contributed by atoms with Crippen LogP contribution >= 0.6 is 27.7 Å². The number of benzene rings is 2. The van der Waals surface area contributed by atoms with Gasteiger partial charge >= 0.3 is 6.18 Å². The van der Waals surface area contributed by atoms with Gasteiger partial charge in [-0.1, -0.05) is 70.2 Å². The molecule has 4 nitrogen and oxygen atoms in total. The first-order chi connectivity index (χ1) is 12.4. The van der Waals surface area contributed by atoms with Crippen LogP contribution in [0.15, 0.2) is 69.3 Å². The highest BCUT2D eigenvalue weighted by molar-refractivity contribution is 9.10. The van der Waals surface area contributed by atoms with E-state index in [1.54, 1.807) is 24.3 Å². The molecule has 0 spiro atoms. The lowest BCUT2D eigenvalue weighted by atomic mass is 10.2. The van der Waals surface area contributed by atoms with Crippen LogP contribution in [0.3, 0.4) is 0 Å². The molecule has 0 fully saturated rings. The number of nitrogens with zero attached hydrogens (tertiary/aromatic N) is 4. The van der Waals surface area contributed by atoms with Gasteiger partial charge in [-0.3, -0.25) is 0 Å². The van der Waals surface area contributed by atoms with E-state index in [0.29, 0.717) is 11.3 Å². The predicted molar refractivity (Wildman–Crippen MR) is 98.2 cm³/mol. The molecule has 3 rings (SSSR count). The largest absolute Gasteiger partial charge is 0.453 e. The molecule has 1 aromatic heterocycles. The third-order valence-electron chi connectivity index (χ3n) is 3.27. The molecule has 0 saturated carbocycles. The molecular weight excluding hydrogens is 429 g/mol. The lowest BCUT2D eigenvalue weighted by Gasteiger charge is -2.07. The van der Waals surface area contributed by atoms with Gasteiger partial charge in [-0.2, -0.15) is 22.9 Å². The highest BCUT2D eigenvalue weighted by Gasteiger charge is 2.39. The number of hydrogen-bond acceptors (Lipinski definition) is 4. The van der Waals surface area contributed by atoms with Crippen LogP contribution in [0.2, 0.25) is 0 Å². The lowest BCUT2D eigenvalue weighted by Crippen LogP contribution is -2.13. The van der Waals surface area contributed by atoms with E-state index in [2.05, 4.69) is 31.2 Å². The van der Waals surface area contributed by atoms with Crippen LogP contribution in [0, 0.1) is 0 Å². The molecule has 2 aromatic carbocycles.